The first-order valence-electron chi connectivity index (χ1n) is 7.33. The number of carbonyl (C=O) groups excluding carboxylic acids is 1. The van der Waals surface area contributed by atoms with E-state index in [4.69, 9.17) is 11.6 Å². The molecule has 2 aromatic rings. The van der Waals surface area contributed by atoms with Crippen molar-refractivity contribution < 1.29 is 22.3 Å². The van der Waals surface area contributed by atoms with Gasteiger partial charge >= 0.3 is 5.97 Å². The number of hydrogen-bond acceptors (Lipinski definition) is 4. The number of ether oxygens (including phenoxy) is 1. The van der Waals surface area contributed by atoms with Crippen molar-refractivity contribution in [2.24, 2.45) is 0 Å². The Bertz CT molecular complexity index is 869. The molecule has 0 saturated carbocycles. The van der Waals surface area contributed by atoms with Crippen molar-refractivity contribution in [3.05, 3.63) is 64.4 Å². The molecular weight excluding hydrogens is 369 g/mol. The Balaban J connectivity index is 2.37. The molecule has 2 aromatic carbocycles. The lowest BCUT2D eigenvalue weighted by molar-refractivity contribution is -0.141. The molecule has 0 aliphatic rings. The lowest BCUT2D eigenvalue weighted by Gasteiger charge is -2.19. The normalized spacial score (nSPS) is 12.6. The van der Waals surface area contributed by atoms with E-state index in [0.29, 0.717) is 5.56 Å². The standard InChI is InChI=1S/C17H17ClFNO4S/c1-11-3-5-12(6-4-11)15(10-17(21)24-2)20-25(22,23)16-8-7-13(19)9-14(16)18/h3-9,15,20H,10H2,1-2H3/t15-/m1/s1. The lowest BCUT2D eigenvalue weighted by atomic mass is 10.0. The zero-order valence-electron chi connectivity index (χ0n) is 13.6. The second kappa shape index (κ2) is 7.95. The summed E-state index contributed by atoms with van der Waals surface area (Å²) in [5.41, 5.74) is 1.59. The number of methoxy groups -OCH3 is 1. The number of sulfonamides is 1. The number of carbonyl (C=O) groups is 1. The molecule has 1 N–H and O–H groups in total. The summed E-state index contributed by atoms with van der Waals surface area (Å²) in [6.07, 6.45) is -0.197. The summed E-state index contributed by atoms with van der Waals surface area (Å²) < 4.78 is 45.5. The summed E-state index contributed by atoms with van der Waals surface area (Å²) in [5.74, 6) is -1.22. The minimum absolute atomic E-state index is 0.197. The van der Waals surface area contributed by atoms with Crippen LogP contribution in [0.3, 0.4) is 0 Å². The van der Waals surface area contributed by atoms with Crippen molar-refractivity contribution in [3.63, 3.8) is 0 Å². The second-order valence-electron chi connectivity index (χ2n) is 5.44. The zero-order valence-corrected chi connectivity index (χ0v) is 15.2. The second-order valence-corrected chi connectivity index (χ2v) is 7.53. The van der Waals surface area contributed by atoms with Crippen LogP contribution in [0.5, 0.6) is 0 Å². The van der Waals surface area contributed by atoms with E-state index in [1.54, 1.807) is 24.3 Å². The van der Waals surface area contributed by atoms with Crippen LogP contribution in [0.1, 0.15) is 23.6 Å². The molecule has 0 aliphatic carbocycles. The van der Waals surface area contributed by atoms with E-state index in [0.717, 1.165) is 23.8 Å². The van der Waals surface area contributed by atoms with Crippen molar-refractivity contribution in [1.29, 1.82) is 0 Å². The van der Waals surface area contributed by atoms with Gasteiger partial charge in [0.2, 0.25) is 10.0 Å². The van der Waals surface area contributed by atoms with E-state index in [9.17, 15) is 17.6 Å². The Morgan fingerprint density at radius 2 is 1.88 bits per heavy atom. The number of benzene rings is 2. The van der Waals surface area contributed by atoms with E-state index in [1.807, 2.05) is 6.92 Å². The van der Waals surface area contributed by atoms with Gasteiger partial charge in [-0.1, -0.05) is 41.4 Å². The summed E-state index contributed by atoms with van der Waals surface area (Å²) in [7, 11) is -2.85. The van der Waals surface area contributed by atoms with Crippen molar-refractivity contribution in [3.8, 4) is 0 Å². The van der Waals surface area contributed by atoms with Crippen molar-refractivity contribution >= 4 is 27.6 Å². The maximum atomic E-state index is 13.2. The Labute approximate surface area is 150 Å². The molecule has 25 heavy (non-hydrogen) atoms. The van der Waals surface area contributed by atoms with Gasteiger partial charge in [0.05, 0.1) is 24.6 Å². The number of nitrogens with one attached hydrogen (secondary N) is 1. The van der Waals surface area contributed by atoms with Crippen molar-refractivity contribution in [2.45, 2.75) is 24.3 Å². The van der Waals surface area contributed by atoms with Crippen molar-refractivity contribution in [2.75, 3.05) is 7.11 Å². The Kier molecular flexibility index (Phi) is 6.16. The highest BCUT2D eigenvalue weighted by molar-refractivity contribution is 7.89. The first-order valence-corrected chi connectivity index (χ1v) is 9.20. The molecule has 1 atom stereocenters. The quantitative estimate of drug-likeness (QED) is 0.774. The molecule has 8 heteroatoms. The maximum Gasteiger partial charge on any atom is 0.307 e. The number of esters is 1. The topological polar surface area (TPSA) is 72.5 Å². The van der Waals surface area contributed by atoms with Crippen LogP contribution in [0, 0.1) is 12.7 Å². The van der Waals surface area contributed by atoms with Crippen LogP contribution in [0.15, 0.2) is 47.4 Å². The molecule has 0 aliphatic heterocycles. The molecular formula is C17H17ClFNO4S. The smallest absolute Gasteiger partial charge is 0.307 e. The van der Waals surface area contributed by atoms with Gasteiger partial charge in [0, 0.05) is 0 Å². The average molecular weight is 386 g/mol. The molecule has 134 valence electrons. The van der Waals surface area contributed by atoms with Gasteiger partial charge in [0.25, 0.3) is 0 Å². The van der Waals surface area contributed by atoms with Gasteiger partial charge in [-0.15, -0.1) is 0 Å². The van der Waals surface area contributed by atoms with Gasteiger partial charge in [-0.2, -0.15) is 0 Å². The fraction of sp³-hybridized carbons (Fsp3) is 0.235. The highest BCUT2D eigenvalue weighted by atomic mass is 35.5. The average Bonchev–Trinajstić information content (AvgIpc) is 2.54. The van der Waals surface area contributed by atoms with Crippen LogP contribution in [0.25, 0.3) is 0 Å². The fourth-order valence-electron chi connectivity index (χ4n) is 2.22. The summed E-state index contributed by atoms with van der Waals surface area (Å²) in [5, 5.41) is -0.242. The molecule has 2 rings (SSSR count). The van der Waals surface area contributed by atoms with Crippen LogP contribution in [0.4, 0.5) is 4.39 Å². The third kappa shape index (κ3) is 5.01. The van der Waals surface area contributed by atoms with E-state index in [1.165, 1.54) is 7.11 Å². The summed E-state index contributed by atoms with van der Waals surface area (Å²) in [6.45, 7) is 1.89. The van der Waals surface area contributed by atoms with Gasteiger partial charge in [-0.25, -0.2) is 17.5 Å². The van der Waals surface area contributed by atoms with Crippen LogP contribution in [0.2, 0.25) is 5.02 Å². The molecule has 0 amide bonds. The van der Waals surface area contributed by atoms with Gasteiger partial charge < -0.3 is 4.74 Å². The Morgan fingerprint density at radius 3 is 2.44 bits per heavy atom. The number of rotatable bonds is 6. The fourth-order valence-corrected chi connectivity index (χ4v) is 3.98. The van der Waals surface area contributed by atoms with E-state index >= 15 is 0 Å². The van der Waals surface area contributed by atoms with Crippen LogP contribution in [-0.2, 0) is 19.6 Å². The van der Waals surface area contributed by atoms with Crippen LogP contribution >= 0.6 is 11.6 Å². The van der Waals surface area contributed by atoms with E-state index in [-0.39, 0.29) is 16.3 Å². The summed E-state index contributed by atoms with van der Waals surface area (Å²) in [6, 6.07) is 9.19. The summed E-state index contributed by atoms with van der Waals surface area (Å²) >= 11 is 5.85. The SMILES string of the molecule is COC(=O)C[C@@H](NS(=O)(=O)c1ccc(F)cc1Cl)c1ccc(C)cc1. The lowest BCUT2D eigenvalue weighted by Crippen LogP contribution is -2.30. The highest BCUT2D eigenvalue weighted by Crippen LogP contribution is 2.26. The molecule has 0 saturated heterocycles. The van der Waals surface area contributed by atoms with Gasteiger partial charge in [-0.05, 0) is 30.7 Å². The number of aryl methyl sites for hydroxylation is 1. The molecule has 0 spiro atoms. The molecule has 0 fully saturated rings. The van der Waals surface area contributed by atoms with Crippen LogP contribution in [-0.4, -0.2) is 21.5 Å². The molecule has 0 heterocycles. The largest absolute Gasteiger partial charge is 0.469 e. The minimum Gasteiger partial charge on any atom is -0.469 e. The number of halogens is 2. The first-order chi connectivity index (χ1) is 11.7. The van der Waals surface area contributed by atoms with Gasteiger partial charge in [-0.3, -0.25) is 4.79 Å². The Hall–Kier alpha value is -1.96. The maximum absolute atomic E-state index is 13.2. The minimum atomic E-state index is -4.08. The first kappa shape index (κ1) is 19.4. The Morgan fingerprint density at radius 1 is 1.24 bits per heavy atom. The summed E-state index contributed by atoms with van der Waals surface area (Å²) in [4.78, 5) is 11.4. The van der Waals surface area contributed by atoms with Crippen molar-refractivity contribution in [1.82, 2.24) is 4.72 Å². The third-order valence-electron chi connectivity index (χ3n) is 3.56. The van der Waals surface area contributed by atoms with Gasteiger partial charge in [0.15, 0.2) is 0 Å². The highest BCUT2D eigenvalue weighted by Gasteiger charge is 2.26. The molecule has 0 bridgehead atoms. The third-order valence-corrected chi connectivity index (χ3v) is 5.51. The zero-order chi connectivity index (χ0) is 18.6. The molecule has 0 radical (unpaired) electrons. The predicted molar refractivity (Wildman–Crippen MR) is 92.3 cm³/mol. The van der Waals surface area contributed by atoms with E-state index in [2.05, 4.69) is 9.46 Å². The monoisotopic (exact) mass is 385 g/mol. The van der Waals surface area contributed by atoms with E-state index < -0.39 is 27.9 Å². The molecule has 0 aromatic heterocycles. The van der Waals surface area contributed by atoms with Crippen LogP contribution < -0.4 is 4.72 Å². The molecule has 5 nitrogen and oxygen atoms in total. The predicted octanol–water partition coefficient (Wildman–Crippen LogP) is 3.37. The molecule has 0 unspecified atom stereocenters. The number of hydrogen-bond donors (Lipinski definition) is 1. The van der Waals surface area contributed by atoms with Gasteiger partial charge in [0.1, 0.15) is 10.7 Å².